The SMILES string of the molecule is CCOc1ccccc1[Te]c1ccccc1OCC. The monoisotopic (exact) mass is 372 g/mol. The molecule has 0 aliphatic rings. The van der Waals surface area contributed by atoms with Crippen molar-refractivity contribution in [1.82, 2.24) is 0 Å². The molecular weight excluding hydrogens is 352 g/mol. The molecule has 0 unspecified atom stereocenters. The number of hydrogen-bond acceptors (Lipinski definition) is 2. The quantitative estimate of drug-likeness (QED) is 0.726. The molecule has 3 heteroatoms. The summed E-state index contributed by atoms with van der Waals surface area (Å²) in [4.78, 5) is 0. The van der Waals surface area contributed by atoms with E-state index < -0.39 is 20.9 Å². The van der Waals surface area contributed by atoms with Gasteiger partial charge in [-0.1, -0.05) is 0 Å². The number of hydrogen-bond donors (Lipinski definition) is 0. The van der Waals surface area contributed by atoms with Crippen LogP contribution in [0.25, 0.3) is 0 Å². The van der Waals surface area contributed by atoms with Crippen molar-refractivity contribution in [2.45, 2.75) is 13.8 Å². The van der Waals surface area contributed by atoms with E-state index in [9.17, 15) is 0 Å². The van der Waals surface area contributed by atoms with Crippen molar-refractivity contribution < 1.29 is 9.47 Å². The molecule has 2 aromatic carbocycles. The van der Waals surface area contributed by atoms with Crippen LogP contribution in [0.15, 0.2) is 48.5 Å². The molecule has 0 N–H and O–H groups in total. The summed E-state index contributed by atoms with van der Waals surface area (Å²) in [5.74, 6) is 2.03. The van der Waals surface area contributed by atoms with Crippen molar-refractivity contribution >= 4 is 28.1 Å². The average Bonchev–Trinajstić information content (AvgIpc) is 2.44. The molecule has 0 heterocycles. The topological polar surface area (TPSA) is 18.5 Å². The second-order valence-electron chi connectivity index (χ2n) is 3.86. The Balaban J connectivity index is 2.25. The third-order valence-electron chi connectivity index (χ3n) is 2.52. The van der Waals surface area contributed by atoms with Gasteiger partial charge in [-0.3, -0.25) is 0 Å². The van der Waals surface area contributed by atoms with Gasteiger partial charge in [0.15, 0.2) is 0 Å². The molecule has 0 spiro atoms. The zero-order chi connectivity index (χ0) is 13.5. The Morgan fingerprint density at radius 3 is 1.58 bits per heavy atom. The van der Waals surface area contributed by atoms with Crippen LogP contribution in [0.1, 0.15) is 13.8 Å². The van der Waals surface area contributed by atoms with Crippen molar-refractivity contribution in [2.24, 2.45) is 0 Å². The van der Waals surface area contributed by atoms with E-state index in [4.69, 9.17) is 9.47 Å². The average molecular weight is 370 g/mol. The first kappa shape index (κ1) is 14.2. The molecule has 0 fully saturated rings. The maximum atomic E-state index is 5.70. The molecular formula is C16H18O2Te. The Kier molecular flexibility index (Phi) is 5.57. The first-order chi connectivity index (χ1) is 9.35. The minimum absolute atomic E-state index is 0.492. The molecule has 0 atom stereocenters. The molecule has 2 rings (SSSR count). The van der Waals surface area contributed by atoms with E-state index in [2.05, 4.69) is 24.3 Å². The fraction of sp³-hybridized carbons (Fsp3) is 0.250. The van der Waals surface area contributed by atoms with Gasteiger partial charge in [0.2, 0.25) is 0 Å². The Morgan fingerprint density at radius 1 is 0.737 bits per heavy atom. The number of ether oxygens (including phenoxy) is 2. The molecule has 0 saturated heterocycles. The summed E-state index contributed by atoms with van der Waals surface area (Å²) in [7, 11) is 0. The zero-order valence-corrected chi connectivity index (χ0v) is 13.6. The summed E-state index contributed by atoms with van der Waals surface area (Å²) in [5, 5.41) is 0. The fourth-order valence-corrected chi connectivity index (χ4v) is 4.55. The Bertz CT molecular complexity index is 478. The van der Waals surface area contributed by atoms with Crippen molar-refractivity contribution in [3.8, 4) is 11.5 Å². The van der Waals surface area contributed by atoms with Crippen LogP contribution in [-0.4, -0.2) is 34.1 Å². The normalized spacial score (nSPS) is 10.2. The predicted octanol–water partition coefficient (Wildman–Crippen LogP) is 2.14. The second-order valence-corrected chi connectivity index (χ2v) is 6.95. The van der Waals surface area contributed by atoms with E-state index in [1.54, 1.807) is 0 Å². The summed E-state index contributed by atoms with van der Waals surface area (Å²) in [6.45, 7) is 5.45. The fourth-order valence-electron chi connectivity index (χ4n) is 1.74. The van der Waals surface area contributed by atoms with Crippen LogP contribution in [0.5, 0.6) is 11.5 Å². The van der Waals surface area contributed by atoms with E-state index in [1.165, 1.54) is 7.22 Å². The number of para-hydroxylation sites is 2. The van der Waals surface area contributed by atoms with Crippen LogP contribution in [0.3, 0.4) is 0 Å². The van der Waals surface area contributed by atoms with E-state index in [0.29, 0.717) is 13.2 Å². The van der Waals surface area contributed by atoms with Crippen LogP contribution < -0.4 is 16.7 Å². The maximum absolute atomic E-state index is 5.70. The van der Waals surface area contributed by atoms with Gasteiger partial charge >= 0.3 is 125 Å². The first-order valence-electron chi connectivity index (χ1n) is 6.46. The molecule has 100 valence electrons. The van der Waals surface area contributed by atoms with Crippen molar-refractivity contribution in [3.63, 3.8) is 0 Å². The summed E-state index contributed by atoms with van der Waals surface area (Å²) in [6.07, 6.45) is 0. The molecule has 0 aliphatic heterocycles. The van der Waals surface area contributed by atoms with Crippen LogP contribution in [0.4, 0.5) is 0 Å². The molecule has 19 heavy (non-hydrogen) atoms. The molecule has 0 saturated carbocycles. The van der Waals surface area contributed by atoms with Gasteiger partial charge in [0.25, 0.3) is 0 Å². The van der Waals surface area contributed by atoms with Crippen molar-refractivity contribution in [3.05, 3.63) is 48.5 Å². The summed E-state index contributed by atoms with van der Waals surface area (Å²) >= 11 is -0.492. The van der Waals surface area contributed by atoms with Gasteiger partial charge in [-0.05, 0) is 0 Å². The summed E-state index contributed by atoms with van der Waals surface area (Å²) in [6, 6.07) is 16.6. The van der Waals surface area contributed by atoms with Gasteiger partial charge in [-0.25, -0.2) is 0 Å². The Hall–Kier alpha value is -1.17. The molecule has 2 aromatic rings. The van der Waals surface area contributed by atoms with E-state index in [1.807, 2.05) is 38.1 Å². The molecule has 0 amide bonds. The molecule has 0 radical (unpaired) electrons. The molecule has 0 aliphatic carbocycles. The zero-order valence-electron chi connectivity index (χ0n) is 11.3. The Morgan fingerprint density at radius 2 is 1.16 bits per heavy atom. The van der Waals surface area contributed by atoms with E-state index in [-0.39, 0.29) is 0 Å². The van der Waals surface area contributed by atoms with E-state index >= 15 is 0 Å². The van der Waals surface area contributed by atoms with Gasteiger partial charge in [-0.15, -0.1) is 0 Å². The van der Waals surface area contributed by atoms with Gasteiger partial charge in [0.1, 0.15) is 0 Å². The third-order valence-corrected chi connectivity index (χ3v) is 5.70. The van der Waals surface area contributed by atoms with Crippen LogP contribution in [-0.2, 0) is 0 Å². The van der Waals surface area contributed by atoms with Crippen LogP contribution in [0.2, 0.25) is 0 Å². The third kappa shape index (κ3) is 3.89. The molecule has 0 aromatic heterocycles. The number of benzene rings is 2. The number of rotatable bonds is 6. The van der Waals surface area contributed by atoms with Crippen molar-refractivity contribution in [2.75, 3.05) is 13.2 Å². The summed E-state index contributed by atoms with van der Waals surface area (Å²) < 4.78 is 14.0. The second kappa shape index (κ2) is 7.43. The molecule has 0 bridgehead atoms. The van der Waals surface area contributed by atoms with Gasteiger partial charge < -0.3 is 0 Å². The molecule has 2 nitrogen and oxygen atoms in total. The van der Waals surface area contributed by atoms with Crippen LogP contribution in [0, 0.1) is 0 Å². The van der Waals surface area contributed by atoms with Gasteiger partial charge in [0.05, 0.1) is 0 Å². The first-order valence-corrected chi connectivity index (χ1v) is 8.79. The van der Waals surface area contributed by atoms with Gasteiger partial charge in [-0.2, -0.15) is 0 Å². The predicted molar refractivity (Wildman–Crippen MR) is 80.2 cm³/mol. The Labute approximate surface area is 124 Å². The standard InChI is InChI=1S/C16H18O2Te/c1-3-17-13-9-5-7-11-15(13)19-16-12-8-6-10-14(16)18-4-2/h5-12H,3-4H2,1-2H3. The van der Waals surface area contributed by atoms with Crippen LogP contribution >= 0.6 is 0 Å². The van der Waals surface area contributed by atoms with Crippen molar-refractivity contribution in [1.29, 1.82) is 0 Å². The van der Waals surface area contributed by atoms with Gasteiger partial charge in [0, 0.05) is 0 Å². The minimum atomic E-state index is -0.492. The summed E-state index contributed by atoms with van der Waals surface area (Å²) in [5.41, 5.74) is 0. The van der Waals surface area contributed by atoms with E-state index in [0.717, 1.165) is 11.5 Å².